The lowest BCUT2D eigenvalue weighted by Gasteiger charge is -2.09. The van der Waals surface area contributed by atoms with E-state index in [-0.39, 0.29) is 0 Å². The number of alkyl halides is 3. The molecule has 0 aliphatic rings. The van der Waals surface area contributed by atoms with Gasteiger partial charge in [0.1, 0.15) is 0 Å². The van der Waals surface area contributed by atoms with Crippen molar-refractivity contribution in [3.63, 3.8) is 0 Å². The minimum atomic E-state index is -4.47. The van der Waals surface area contributed by atoms with Gasteiger partial charge in [-0.1, -0.05) is 6.58 Å². The molecule has 0 heterocycles. The van der Waals surface area contributed by atoms with Crippen LogP contribution in [-0.4, -0.2) is 18.7 Å². The molecule has 0 aliphatic heterocycles. The number of rotatable bonds is 2. The summed E-state index contributed by atoms with van der Waals surface area (Å²) >= 11 is 0. The minimum absolute atomic E-state index is 0.396. The number of allylic oxidation sites excluding steroid dienone is 2. The van der Waals surface area contributed by atoms with E-state index in [9.17, 15) is 13.2 Å². The SMILES string of the molecule is C=C(BO)C(=C)C(F)(F)F. The maximum atomic E-state index is 11.6. The van der Waals surface area contributed by atoms with Crippen LogP contribution < -0.4 is 0 Å². The molecular formula is C5H6BF3O. The Morgan fingerprint density at radius 3 is 1.80 bits per heavy atom. The second-order valence-corrected chi connectivity index (χ2v) is 1.74. The average molecular weight is 150 g/mol. The van der Waals surface area contributed by atoms with E-state index in [1.807, 2.05) is 0 Å². The number of halogens is 3. The van der Waals surface area contributed by atoms with Crippen LogP contribution in [0, 0.1) is 0 Å². The normalized spacial score (nSPS) is 10.8. The van der Waals surface area contributed by atoms with E-state index in [1.165, 1.54) is 0 Å². The monoisotopic (exact) mass is 150 g/mol. The predicted molar refractivity (Wildman–Crippen MR) is 33.7 cm³/mol. The van der Waals surface area contributed by atoms with Crippen molar-refractivity contribution in [2.45, 2.75) is 6.18 Å². The molecule has 0 spiro atoms. The van der Waals surface area contributed by atoms with Gasteiger partial charge in [-0.3, -0.25) is 0 Å². The van der Waals surface area contributed by atoms with Crippen molar-refractivity contribution in [1.82, 2.24) is 0 Å². The summed E-state index contributed by atoms with van der Waals surface area (Å²) in [5.74, 6) is 0. The van der Waals surface area contributed by atoms with Crippen LogP contribution in [0.3, 0.4) is 0 Å². The topological polar surface area (TPSA) is 20.2 Å². The number of hydrogen-bond donors (Lipinski definition) is 1. The zero-order valence-corrected chi connectivity index (χ0v) is 5.20. The minimum Gasteiger partial charge on any atom is -0.449 e. The standard InChI is InChI=1S/C5H6BF3O/c1-3(4(2)6-10)5(7,8)9/h6,10H,1-2H2. The molecule has 0 aromatic rings. The van der Waals surface area contributed by atoms with Gasteiger partial charge in [0.15, 0.2) is 0 Å². The Hall–Kier alpha value is -0.705. The van der Waals surface area contributed by atoms with Crippen LogP contribution in [0.2, 0.25) is 0 Å². The Morgan fingerprint density at radius 1 is 1.30 bits per heavy atom. The van der Waals surface area contributed by atoms with Gasteiger partial charge in [0.2, 0.25) is 0 Å². The van der Waals surface area contributed by atoms with Crippen molar-refractivity contribution >= 4 is 7.48 Å². The predicted octanol–water partition coefficient (Wildman–Crippen LogP) is 0.962. The Kier molecular flexibility index (Phi) is 2.71. The fraction of sp³-hybridized carbons (Fsp3) is 0.200. The highest BCUT2D eigenvalue weighted by molar-refractivity contribution is 6.38. The summed E-state index contributed by atoms with van der Waals surface area (Å²) in [5, 5.41) is 8.21. The molecule has 0 saturated heterocycles. The Balaban J connectivity index is 4.24. The van der Waals surface area contributed by atoms with E-state index in [1.54, 1.807) is 0 Å². The van der Waals surface area contributed by atoms with E-state index in [0.717, 1.165) is 0 Å². The molecule has 0 saturated carbocycles. The molecule has 0 aromatic carbocycles. The van der Waals surface area contributed by atoms with Crippen molar-refractivity contribution in [1.29, 1.82) is 0 Å². The van der Waals surface area contributed by atoms with Gasteiger partial charge < -0.3 is 5.02 Å². The largest absolute Gasteiger partial charge is 0.449 e. The quantitative estimate of drug-likeness (QED) is 0.459. The average Bonchev–Trinajstić information content (AvgIpc) is 1.83. The van der Waals surface area contributed by atoms with Gasteiger partial charge >= 0.3 is 13.7 Å². The molecule has 56 valence electrons. The highest BCUT2D eigenvalue weighted by Gasteiger charge is 2.33. The van der Waals surface area contributed by atoms with Crippen molar-refractivity contribution in [2.75, 3.05) is 0 Å². The molecule has 1 N–H and O–H groups in total. The van der Waals surface area contributed by atoms with Crippen LogP contribution >= 0.6 is 0 Å². The summed E-state index contributed by atoms with van der Waals surface area (Å²) < 4.78 is 34.8. The summed E-state index contributed by atoms with van der Waals surface area (Å²) in [6.07, 6.45) is -4.47. The Bertz CT molecular complexity index is 161. The molecule has 5 heteroatoms. The van der Waals surface area contributed by atoms with Crippen molar-refractivity contribution in [2.24, 2.45) is 0 Å². The second-order valence-electron chi connectivity index (χ2n) is 1.74. The van der Waals surface area contributed by atoms with Gasteiger partial charge in [0, 0.05) is 5.57 Å². The molecule has 0 atom stereocenters. The van der Waals surface area contributed by atoms with Gasteiger partial charge in [-0.05, 0) is 5.47 Å². The van der Waals surface area contributed by atoms with Gasteiger partial charge in [0.25, 0.3) is 0 Å². The smallest absolute Gasteiger partial charge is 0.415 e. The van der Waals surface area contributed by atoms with Crippen LogP contribution in [0.4, 0.5) is 13.2 Å². The first-order valence-electron chi connectivity index (χ1n) is 2.44. The first-order chi connectivity index (χ1) is 4.39. The summed E-state index contributed by atoms with van der Waals surface area (Å²) in [7, 11) is -0.710. The van der Waals surface area contributed by atoms with Crippen molar-refractivity contribution in [3.8, 4) is 0 Å². The first-order valence-corrected chi connectivity index (χ1v) is 2.44. The zero-order valence-electron chi connectivity index (χ0n) is 5.20. The molecule has 0 aromatic heterocycles. The lowest BCUT2D eigenvalue weighted by Crippen LogP contribution is -2.14. The van der Waals surface area contributed by atoms with E-state index >= 15 is 0 Å². The summed E-state index contributed by atoms with van der Waals surface area (Å²) in [6, 6.07) is 0. The first kappa shape index (κ1) is 9.29. The van der Waals surface area contributed by atoms with Crippen LogP contribution in [0.25, 0.3) is 0 Å². The number of hydrogen-bond acceptors (Lipinski definition) is 1. The van der Waals surface area contributed by atoms with Gasteiger partial charge in [0.05, 0.1) is 0 Å². The van der Waals surface area contributed by atoms with Crippen LogP contribution in [0.5, 0.6) is 0 Å². The molecule has 0 amide bonds. The molecule has 0 bridgehead atoms. The van der Waals surface area contributed by atoms with E-state index in [2.05, 4.69) is 13.2 Å². The van der Waals surface area contributed by atoms with E-state index in [4.69, 9.17) is 5.02 Å². The lowest BCUT2D eigenvalue weighted by atomic mass is 9.84. The van der Waals surface area contributed by atoms with Gasteiger partial charge in [-0.2, -0.15) is 13.2 Å². The summed E-state index contributed by atoms with van der Waals surface area (Å²) in [4.78, 5) is 0. The van der Waals surface area contributed by atoms with Crippen LogP contribution in [0.1, 0.15) is 0 Å². The molecule has 0 fully saturated rings. The molecular weight excluding hydrogens is 144 g/mol. The van der Waals surface area contributed by atoms with Crippen LogP contribution in [0.15, 0.2) is 24.2 Å². The summed E-state index contributed by atoms with van der Waals surface area (Å²) in [6.45, 7) is 5.68. The maximum Gasteiger partial charge on any atom is 0.415 e. The highest BCUT2D eigenvalue weighted by atomic mass is 19.4. The second kappa shape index (κ2) is 2.92. The molecule has 10 heavy (non-hydrogen) atoms. The molecule has 0 rings (SSSR count). The molecule has 0 aliphatic carbocycles. The van der Waals surface area contributed by atoms with E-state index in [0.29, 0.717) is 0 Å². The van der Waals surface area contributed by atoms with Crippen LogP contribution in [-0.2, 0) is 0 Å². The molecule has 0 radical (unpaired) electrons. The third kappa shape index (κ3) is 2.27. The lowest BCUT2D eigenvalue weighted by molar-refractivity contribution is -0.0883. The third-order valence-electron chi connectivity index (χ3n) is 0.960. The summed E-state index contributed by atoms with van der Waals surface area (Å²) in [5.41, 5.74) is -1.47. The zero-order chi connectivity index (χ0) is 8.36. The fourth-order valence-electron chi connectivity index (χ4n) is 0.296. The Morgan fingerprint density at radius 2 is 1.70 bits per heavy atom. The fourth-order valence-corrected chi connectivity index (χ4v) is 0.296. The molecule has 0 unspecified atom stereocenters. The maximum absolute atomic E-state index is 11.6. The van der Waals surface area contributed by atoms with Crippen molar-refractivity contribution in [3.05, 3.63) is 24.2 Å². The Labute approximate surface area is 57.1 Å². The highest BCUT2D eigenvalue weighted by Crippen LogP contribution is 2.27. The van der Waals surface area contributed by atoms with Crippen molar-refractivity contribution < 1.29 is 18.2 Å². The van der Waals surface area contributed by atoms with Gasteiger partial charge in [-0.15, -0.1) is 6.58 Å². The van der Waals surface area contributed by atoms with Gasteiger partial charge in [-0.25, -0.2) is 0 Å². The van der Waals surface area contributed by atoms with E-state index < -0.39 is 24.7 Å². The third-order valence-corrected chi connectivity index (χ3v) is 0.960. The molecule has 1 nitrogen and oxygen atoms in total.